The maximum atomic E-state index is 14.0. The number of aromatic nitrogens is 3. The molecule has 1 aliphatic rings. The predicted octanol–water partition coefficient (Wildman–Crippen LogP) is 3.48. The van der Waals surface area contributed by atoms with Crippen molar-refractivity contribution < 1.29 is 4.39 Å². The van der Waals surface area contributed by atoms with Gasteiger partial charge in [0.2, 0.25) is 0 Å². The molecule has 3 heterocycles. The normalized spacial score (nSPS) is 18.0. The summed E-state index contributed by atoms with van der Waals surface area (Å²) < 4.78 is 15.9. The minimum absolute atomic E-state index is 0.106. The Kier molecular flexibility index (Phi) is 3.29. The number of hydrogen-bond donors (Lipinski definition) is 0. The Morgan fingerprint density at radius 2 is 1.96 bits per heavy atom. The van der Waals surface area contributed by atoms with Gasteiger partial charge in [-0.3, -0.25) is 0 Å². The fraction of sp³-hybridized carbons (Fsp3) is 0.333. The SMILES string of the molecule is Cc1cc(N2CC[C@H](c3ccccc3F)C2)n2nc(C)cc2n1. The fourth-order valence-electron chi connectivity index (χ4n) is 3.45. The van der Waals surface area contributed by atoms with E-state index in [1.165, 1.54) is 0 Å². The van der Waals surface area contributed by atoms with Gasteiger partial charge in [-0.25, -0.2) is 9.37 Å². The van der Waals surface area contributed by atoms with Gasteiger partial charge in [-0.2, -0.15) is 9.61 Å². The highest BCUT2D eigenvalue weighted by Crippen LogP contribution is 2.32. The molecule has 1 aromatic carbocycles. The lowest BCUT2D eigenvalue weighted by atomic mass is 9.98. The molecule has 2 aromatic heterocycles. The van der Waals surface area contributed by atoms with E-state index in [0.717, 1.165) is 47.9 Å². The lowest BCUT2D eigenvalue weighted by Gasteiger charge is -2.20. The van der Waals surface area contributed by atoms with Crippen LogP contribution in [-0.2, 0) is 0 Å². The molecule has 4 rings (SSSR count). The van der Waals surface area contributed by atoms with Crippen molar-refractivity contribution >= 4 is 11.5 Å². The van der Waals surface area contributed by atoms with Crippen LogP contribution >= 0.6 is 0 Å². The second-order valence-electron chi connectivity index (χ2n) is 6.26. The van der Waals surface area contributed by atoms with Crippen molar-refractivity contribution in [2.75, 3.05) is 18.0 Å². The third kappa shape index (κ3) is 2.46. The summed E-state index contributed by atoms with van der Waals surface area (Å²) in [5.74, 6) is 1.15. The molecule has 0 radical (unpaired) electrons. The first-order valence-electron chi connectivity index (χ1n) is 7.95. The summed E-state index contributed by atoms with van der Waals surface area (Å²) >= 11 is 0. The van der Waals surface area contributed by atoms with Crippen LogP contribution in [0.25, 0.3) is 5.65 Å². The Balaban J connectivity index is 1.69. The molecular weight excluding hydrogens is 291 g/mol. The Bertz CT molecular complexity index is 871. The van der Waals surface area contributed by atoms with E-state index in [9.17, 15) is 4.39 Å². The van der Waals surface area contributed by atoms with Crippen molar-refractivity contribution in [2.45, 2.75) is 26.2 Å². The van der Waals surface area contributed by atoms with Crippen LogP contribution in [0.2, 0.25) is 0 Å². The van der Waals surface area contributed by atoms with Crippen molar-refractivity contribution in [3.8, 4) is 0 Å². The van der Waals surface area contributed by atoms with E-state index in [2.05, 4.69) is 21.0 Å². The Labute approximate surface area is 134 Å². The van der Waals surface area contributed by atoms with Crippen LogP contribution in [0.5, 0.6) is 0 Å². The number of nitrogens with zero attached hydrogens (tertiary/aromatic N) is 4. The van der Waals surface area contributed by atoms with E-state index in [1.807, 2.05) is 36.6 Å². The second kappa shape index (κ2) is 5.33. The van der Waals surface area contributed by atoms with Crippen molar-refractivity contribution in [3.05, 3.63) is 59.2 Å². The quantitative estimate of drug-likeness (QED) is 0.726. The number of hydrogen-bond acceptors (Lipinski definition) is 3. The van der Waals surface area contributed by atoms with Gasteiger partial charge in [-0.1, -0.05) is 18.2 Å². The van der Waals surface area contributed by atoms with Crippen LogP contribution in [0.15, 0.2) is 36.4 Å². The van der Waals surface area contributed by atoms with Gasteiger partial charge < -0.3 is 4.90 Å². The van der Waals surface area contributed by atoms with E-state index < -0.39 is 0 Å². The van der Waals surface area contributed by atoms with Crippen LogP contribution in [0.1, 0.15) is 29.3 Å². The molecule has 118 valence electrons. The lowest BCUT2D eigenvalue weighted by Crippen LogP contribution is -2.22. The molecule has 0 N–H and O–H groups in total. The van der Waals surface area contributed by atoms with Crippen LogP contribution in [0, 0.1) is 19.7 Å². The maximum absolute atomic E-state index is 14.0. The minimum Gasteiger partial charge on any atom is -0.356 e. The molecule has 0 bridgehead atoms. The highest BCUT2D eigenvalue weighted by molar-refractivity contribution is 5.53. The minimum atomic E-state index is -0.106. The zero-order valence-electron chi connectivity index (χ0n) is 13.3. The van der Waals surface area contributed by atoms with Gasteiger partial charge in [-0.05, 0) is 31.9 Å². The summed E-state index contributed by atoms with van der Waals surface area (Å²) in [6.45, 7) is 5.67. The summed E-state index contributed by atoms with van der Waals surface area (Å²) in [7, 11) is 0. The van der Waals surface area contributed by atoms with Gasteiger partial charge in [0, 0.05) is 36.8 Å². The summed E-state index contributed by atoms with van der Waals surface area (Å²) in [6, 6.07) is 11.1. The monoisotopic (exact) mass is 310 g/mol. The zero-order chi connectivity index (χ0) is 16.0. The molecule has 23 heavy (non-hydrogen) atoms. The first-order valence-corrected chi connectivity index (χ1v) is 7.95. The number of anilines is 1. The average Bonchev–Trinajstić information content (AvgIpc) is 3.12. The molecule has 3 aromatic rings. The third-order valence-corrected chi connectivity index (χ3v) is 4.52. The van der Waals surface area contributed by atoms with E-state index in [0.29, 0.717) is 0 Å². The lowest BCUT2D eigenvalue weighted by molar-refractivity contribution is 0.589. The van der Waals surface area contributed by atoms with Gasteiger partial charge in [0.25, 0.3) is 0 Å². The van der Waals surface area contributed by atoms with Crippen LogP contribution in [0.3, 0.4) is 0 Å². The largest absolute Gasteiger partial charge is 0.356 e. The maximum Gasteiger partial charge on any atom is 0.157 e. The number of rotatable bonds is 2. The van der Waals surface area contributed by atoms with Crippen LogP contribution in [-0.4, -0.2) is 27.7 Å². The standard InChI is InChI=1S/C18H19FN4/c1-12-10-18(23-17(20-12)9-13(2)21-23)22-8-7-14(11-22)15-5-3-4-6-16(15)19/h3-6,9-10,14H,7-8,11H2,1-2H3/t14-/m0/s1. The molecule has 5 heteroatoms. The molecule has 0 spiro atoms. The second-order valence-corrected chi connectivity index (χ2v) is 6.26. The fourth-order valence-corrected chi connectivity index (χ4v) is 3.45. The average molecular weight is 310 g/mol. The summed E-state index contributed by atoms with van der Waals surface area (Å²) in [5.41, 5.74) is 3.61. The Hall–Kier alpha value is -2.43. The van der Waals surface area contributed by atoms with Gasteiger partial charge in [0.05, 0.1) is 5.69 Å². The van der Waals surface area contributed by atoms with Crippen molar-refractivity contribution in [1.29, 1.82) is 0 Å². The summed E-state index contributed by atoms with van der Waals surface area (Å²) in [4.78, 5) is 6.82. The Morgan fingerprint density at radius 1 is 1.13 bits per heavy atom. The van der Waals surface area contributed by atoms with Gasteiger partial charge in [-0.15, -0.1) is 0 Å². The number of halogens is 1. The van der Waals surface area contributed by atoms with Crippen LogP contribution < -0.4 is 4.90 Å². The van der Waals surface area contributed by atoms with E-state index in [1.54, 1.807) is 12.1 Å². The van der Waals surface area contributed by atoms with Crippen molar-refractivity contribution in [3.63, 3.8) is 0 Å². The Morgan fingerprint density at radius 3 is 2.78 bits per heavy atom. The topological polar surface area (TPSA) is 33.4 Å². The molecule has 1 aliphatic heterocycles. The number of benzene rings is 1. The first-order chi connectivity index (χ1) is 11.1. The van der Waals surface area contributed by atoms with E-state index in [4.69, 9.17) is 0 Å². The van der Waals surface area contributed by atoms with Crippen molar-refractivity contribution in [2.24, 2.45) is 0 Å². The first kappa shape index (κ1) is 14.2. The van der Waals surface area contributed by atoms with Gasteiger partial charge >= 0.3 is 0 Å². The molecule has 1 saturated heterocycles. The third-order valence-electron chi connectivity index (χ3n) is 4.52. The molecule has 0 aliphatic carbocycles. The molecule has 4 nitrogen and oxygen atoms in total. The number of aryl methyl sites for hydroxylation is 2. The highest BCUT2D eigenvalue weighted by atomic mass is 19.1. The molecule has 0 saturated carbocycles. The smallest absolute Gasteiger partial charge is 0.157 e. The highest BCUT2D eigenvalue weighted by Gasteiger charge is 2.27. The predicted molar refractivity (Wildman–Crippen MR) is 88.4 cm³/mol. The molecule has 1 atom stereocenters. The van der Waals surface area contributed by atoms with E-state index in [-0.39, 0.29) is 11.7 Å². The van der Waals surface area contributed by atoms with Crippen LogP contribution in [0.4, 0.5) is 10.2 Å². The molecule has 1 fully saturated rings. The molecule has 0 amide bonds. The molecular formula is C18H19FN4. The summed E-state index contributed by atoms with van der Waals surface area (Å²) in [5, 5.41) is 4.55. The van der Waals surface area contributed by atoms with Gasteiger partial charge in [0.1, 0.15) is 11.6 Å². The number of fused-ring (bicyclic) bond motifs is 1. The molecule has 0 unspecified atom stereocenters. The van der Waals surface area contributed by atoms with Gasteiger partial charge in [0.15, 0.2) is 5.65 Å². The van der Waals surface area contributed by atoms with Crippen molar-refractivity contribution in [1.82, 2.24) is 14.6 Å². The summed E-state index contributed by atoms with van der Waals surface area (Å²) in [6.07, 6.45) is 0.948. The van der Waals surface area contributed by atoms with E-state index >= 15 is 0 Å². The zero-order valence-corrected chi connectivity index (χ0v) is 13.3.